The van der Waals surface area contributed by atoms with Crippen LogP contribution >= 0.6 is 0 Å². The van der Waals surface area contributed by atoms with Gasteiger partial charge < -0.3 is 10.2 Å². The lowest BCUT2D eigenvalue weighted by molar-refractivity contribution is -0.137. The Morgan fingerprint density at radius 2 is 1.83 bits per heavy atom. The van der Waals surface area contributed by atoms with Crippen LogP contribution in [0.1, 0.15) is 67.1 Å². The summed E-state index contributed by atoms with van der Waals surface area (Å²) in [6.07, 6.45) is 2.16. The smallest absolute Gasteiger partial charge is 0.370 e. The van der Waals surface area contributed by atoms with Crippen LogP contribution in [0.5, 0.6) is 0 Å². The maximum absolute atomic E-state index is 13.8. The van der Waals surface area contributed by atoms with E-state index in [1.54, 1.807) is 0 Å². The number of hydrogen-bond donors (Lipinski definition) is 1. The molecular weight excluding hydrogens is 313 g/mol. The number of nitrogens with zero attached hydrogens (tertiary/aromatic N) is 1. The Labute approximate surface area is 141 Å². The lowest BCUT2D eigenvalue weighted by atomic mass is 9.81. The minimum Gasteiger partial charge on any atom is -0.370 e. The molecule has 2 heterocycles. The SMILES string of the molecule is CN1c2c(cc(C3CCCCC3)cc2C(F)(F)F)C2CNCCC21. The highest BCUT2D eigenvalue weighted by Gasteiger charge is 2.45. The van der Waals surface area contributed by atoms with Crippen molar-refractivity contribution in [3.05, 3.63) is 28.8 Å². The van der Waals surface area contributed by atoms with E-state index in [0.717, 1.165) is 56.3 Å². The van der Waals surface area contributed by atoms with E-state index in [9.17, 15) is 13.2 Å². The summed E-state index contributed by atoms with van der Waals surface area (Å²) in [5.74, 6) is 0.481. The summed E-state index contributed by atoms with van der Waals surface area (Å²) in [5, 5.41) is 3.37. The van der Waals surface area contributed by atoms with Gasteiger partial charge in [-0.1, -0.05) is 25.3 Å². The van der Waals surface area contributed by atoms with Gasteiger partial charge in [0.25, 0.3) is 0 Å². The molecule has 0 radical (unpaired) electrons. The summed E-state index contributed by atoms with van der Waals surface area (Å²) in [6, 6.07) is 3.76. The Kier molecular flexibility index (Phi) is 4.02. The van der Waals surface area contributed by atoms with Crippen molar-refractivity contribution >= 4 is 5.69 Å². The van der Waals surface area contributed by atoms with Crippen LogP contribution in [-0.2, 0) is 6.18 Å². The fraction of sp³-hybridized carbons (Fsp3) is 0.684. The van der Waals surface area contributed by atoms with Crippen LogP contribution in [0, 0.1) is 0 Å². The fourth-order valence-electron chi connectivity index (χ4n) is 5.04. The number of anilines is 1. The van der Waals surface area contributed by atoms with Crippen LogP contribution in [0.3, 0.4) is 0 Å². The molecule has 1 aromatic rings. The lowest BCUT2D eigenvalue weighted by Crippen LogP contribution is -2.42. The molecule has 24 heavy (non-hydrogen) atoms. The average molecular weight is 338 g/mol. The van der Waals surface area contributed by atoms with Gasteiger partial charge in [-0.05, 0) is 48.9 Å². The second kappa shape index (κ2) is 5.94. The van der Waals surface area contributed by atoms with Crippen molar-refractivity contribution in [2.75, 3.05) is 25.0 Å². The van der Waals surface area contributed by atoms with Gasteiger partial charge in [0.1, 0.15) is 0 Å². The molecule has 0 aromatic heterocycles. The van der Waals surface area contributed by atoms with E-state index in [0.29, 0.717) is 11.6 Å². The molecule has 1 aliphatic carbocycles. The molecule has 2 unspecified atom stereocenters. The second-order valence-corrected chi connectivity index (χ2v) is 7.62. The van der Waals surface area contributed by atoms with Gasteiger partial charge in [-0.2, -0.15) is 13.2 Å². The van der Waals surface area contributed by atoms with E-state index in [1.807, 2.05) is 11.9 Å². The Morgan fingerprint density at radius 3 is 2.54 bits per heavy atom. The first-order chi connectivity index (χ1) is 11.5. The quantitative estimate of drug-likeness (QED) is 0.802. The molecule has 5 heteroatoms. The van der Waals surface area contributed by atoms with E-state index in [1.165, 1.54) is 12.5 Å². The van der Waals surface area contributed by atoms with Gasteiger partial charge in [0.2, 0.25) is 0 Å². The minimum absolute atomic E-state index is 0.184. The molecule has 2 atom stereocenters. The zero-order valence-electron chi connectivity index (χ0n) is 14.1. The van der Waals surface area contributed by atoms with Crippen molar-refractivity contribution in [1.29, 1.82) is 0 Å². The molecule has 3 aliphatic rings. The van der Waals surface area contributed by atoms with E-state index >= 15 is 0 Å². The standard InChI is InChI=1S/C19H25F3N2/c1-24-17-7-8-23-11-15(17)14-9-13(12-5-3-2-4-6-12)10-16(18(14)24)19(20,21)22/h9-10,12,15,17,23H,2-8,11H2,1H3. The minimum atomic E-state index is -4.29. The summed E-state index contributed by atoms with van der Waals surface area (Å²) in [6.45, 7) is 1.67. The first-order valence-corrected chi connectivity index (χ1v) is 9.15. The van der Waals surface area contributed by atoms with Crippen LogP contribution in [-0.4, -0.2) is 26.2 Å². The highest BCUT2D eigenvalue weighted by atomic mass is 19.4. The molecule has 1 aromatic carbocycles. The number of benzene rings is 1. The monoisotopic (exact) mass is 338 g/mol. The van der Waals surface area contributed by atoms with Crippen molar-refractivity contribution in [1.82, 2.24) is 5.32 Å². The van der Waals surface area contributed by atoms with Crippen molar-refractivity contribution in [2.45, 2.75) is 62.6 Å². The number of likely N-dealkylation sites (N-methyl/N-ethyl adjacent to an activating group) is 1. The molecule has 0 spiro atoms. The number of halogens is 3. The Hall–Kier alpha value is -1.23. The van der Waals surface area contributed by atoms with Gasteiger partial charge in [-0.25, -0.2) is 0 Å². The van der Waals surface area contributed by atoms with E-state index in [2.05, 4.69) is 11.4 Å². The van der Waals surface area contributed by atoms with Crippen LogP contribution < -0.4 is 10.2 Å². The molecule has 0 bridgehead atoms. The molecular formula is C19H25F3N2. The highest BCUT2D eigenvalue weighted by Crippen LogP contribution is 2.50. The summed E-state index contributed by atoms with van der Waals surface area (Å²) in [5.41, 5.74) is 1.85. The van der Waals surface area contributed by atoms with Gasteiger partial charge in [0, 0.05) is 25.6 Å². The predicted octanol–water partition coefficient (Wildman–Crippen LogP) is 4.65. The van der Waals surface area contributed by atoms with Crippen molar-refractivity contribution in [2.24, 2.45) is 0 Å². The maximum Gasteiger partial charge on any atom is 0.418 e. The van der Waals surface area contributed by atoms with Crippen molar-refractivity contribution in [3.8, 4) is 0 Å². The number of nitrogens with one attached hydrogen (secondary N) is 1. The zero-order valence-corrected chi connectivity index (χ0v) is 14.1. The zero-order chi connectivity index (χ0) is 16.9. The summed E-state index contributed by atoms with van der Waals surface area (Å²) >= 11 is 0. The maximum atomic E-state index is 13.8. The van der Waals surface area contributed by atoms with E-state index in [4.69, 9.17) is 0 Å². The van der Waals surface area contributed by atoms with Crippen LogP contribution in [0.15, 0.2) is 12.1 Å². The van der Waals surface area contributed by atoms with E-state index < -0.39 is 11.7 Å². The summed E-state index contributed by atoms with van der Waals surface area (Å²) < 4.78 is 41.4. The molecule has 2 nitrogen and oxygen atoms in total. The van der Waals surface area contributed by atoms with Gasteiger partial charge in [0.15, 0.2) is 0 Å². The number of hydrogen-bond acceptors (Lipinski definition) is 2. The Morgan fingerprint density at radius 1 is 1.08 bits per heavy atom. The number of piperidine rings is 1. The average Bonchev–Trinajstić information content (AvgIpc) is 2.87. The third-order valence-corrected chi connectivity index (χ3v) is 6.24. The molecule has 4 rings (SSSR count). The van der Waals surface area contributed by atoms with Crippen molar-refractivity contribution in [3.63, 3.8) is 0 Å². The molecule has 0 amide bonds. The Balaban J connectivity index is 1.83. The number of rotatable bonds is 1. The third kappa shape index (κ3) is 2.61. The van der Waals surface area contributed by atoms with Crippen LogP contribution in [0.2, 0.25) is 0 Å². The molecule has 1 saturated heterocycles. The molecule has 1 N–H and O–H groups in total. The van der Waals surface area contributed by atoms with Gasteiger partial charge in [-0.15, -0.1) is 0 Å². The number of alkyl halides is 3. The highest BCUT2D eigenvalue weighted by molar-refractivity contribution is 5.68. The van der Waals surface area contributed by atoms with Crippen LogP contribution in [0.4, 0.5) is 18.9 Å². The Bertz CT molecular complexity index is 620. The second-order valence-electron chi connectivity index (χ2n) is 7.62. The lowest BCUT2D eigenvalue weighted by Gasteiger charge is -2.31. The topological polar surface area (TPSA) is 15.3 Å². The first kappa shape index (κ1) is 16.2. The normalized spacial score (nSPS) is 27.9. The van der Waals surface area contributed by atoms with Crippen molar-refractivity contribution < 1.29 is 13.2 Å². The van der Waals surface area contributed by atoms with Gasteiger partial charge in [0.05, 0.1) is 11.3 Å². The van der Waals surface area contributed by atoms with Crippen LogP contribution in [0.25, 0.3) is 0 Å². The van der Waals surface area contributed by atoms with E-state index in [-0.39, 0.29) is 12.0 Å². The number of fused-ring (bicyclic) bond motifs is 3. The molecule has 2 fully saturated rings. The molecule has 1 saturated carbocycles. The first-order valence-electron chi connectivity index (χ1n) is 9.15. The fourth-order valence-corrected chi connectivity index (χ4v) is 5.04. The molecule has 132 valence electrons. The van der Waals surface area contributed by atoms with Gasteiger partial charge in [-0.3, -0.25) is 0 Å². The summed E-state index contributed by atoms with van der Waals surface area (Å²) in [4.78, 5) is 1.90. The predicted molar refractivity (Wildman–Crippen MR) is 89.7 cm³/mol. The van der Waals surface area contributed by atoms with Gasteiger partial charge >= 0.3 is 6.18 Å². The summed E-state index contributed by atoms with van der Waals surface area (Å²) in [7, 11) is 1.84. The third-order valence-electron chi connectivity index (χ3n) is 6.24. The largest absolute Gasteiger partial charge is 0.418 e. The molecule has 2 aliphatic heterocycles.